The van der Waals surface area contributed by atoms with Crippen molar-refractivity contribution < 1.29 is 4.39 Å². The summed E-state index contributed by atoms with van der Waals surface area (Å²) in [5.41, 5.74) is 7.87. The first-order valence-electron chi connectivity index (χ1n) is 5.57. The van der Waals surface area contributed by atoms with E-state index in [4.69, 9.17) is 5.73 Å². The maximum atomic E-state index is 13.6. The number of rotatable bonds is 3. The molecule has 2 rings (SSSR count). The monoisotopic (exact) mass is 263 g/mol. The average Bonchev–Trinajstić information content (AvgIpc) is 2.27. The molecule has 1 heterocycles. The highest BCUT2D eigenvalue weighted by molar-refractivity contribution is 7.99. The zero-order chi connectivity index (χ0) is 13.1. The van der Waals surface area contributed by atoms with Crippen molar-refractivity contribution in [3.8, 4) is 0 Å². The molecule has 0 saturated heterocycles. The molecule has 94 valence electrons. The van der Waals surface area contributed by atoms with E-state index in [1.807, 2.05) is 26.0 Å². The molecule has 0 amide bonds. The number of aromatic nitrogens is 2. The van der Waals surface area contributed by atoms with E-state index in [0.29, 0.717) is 10.7 Å². The van der Waals surface area contributed by atoms with Crippen LogP contribution in [0, 0.1) is 19.7 Å². The molecule has 0 unspecified atom stereocenters. The summed E-state index contributed by atoms with van der Waals surface area (Å²) in [4.78, 5) is 9.41. The highest BCUT2D eigenvalue weighted by Gasteiger charge is 2.10. The van der Waals surface area contributed by atoms with Gasteiger partial charge in [-0.05, 0) is 43.8 Å². The molecular formula is C13H14FN3S. The van der Waals surface area contributed by atoms with Crippen LogP contribution < -0.4 is 5.73 Å². The van der Waals surface area contributed by atoms with Gasteiger partial charge in [-0.3, -0.25) is 0 Å². The molecule has 0 bridgehead atoms. The Morgan fingerprint density at radius 2 is 1.89 bits per heavy atom. The Balaban J connectivity index is 2.36. The van der Waals surface area contributed by atoms with Crippen LogP contribution >= 0.6 is 11.8 Å². The number of hydrogen-bond donors (Lipinski definition) is 1. The predicted octanol–water partition coefficient (Wildman–Crippen LogP) is 2.84. The summed E-state index contributed by atoms with van der Waals surface area (Å²) in [5, 5.41) is 0.618. The van der Waals surface area contributed by atoms with E-state index in [9.17, 15) is 4.39 Å². The number of benzene rings is 1. The van der Waals surface area contributed by atoms with E-state index >= 15 is 0 Å². The van der Waals surface area contributed by atoms with Crippen LogP contribution in [0.1, 0.15) is 17.0 Å². The smallest absolute Gasteiger partial charge is 0.192 e. The summed E-state index contributed by atoms with van der Waals surface area (Å²) >= 11 is 1.34. The summed E-state index contributed by atoms with van der Waals surface area (Å²) in [6, 6.07) is 6.81. The number of aryl methyl sites for hydroxylation is 2. The SMILES string of the molecule is Cc1cc(C)nc(Sc2cccc(F)c2CN)n1. The van der Waals surface area contributed by atoms with Crippen molar-refractivity contribution in [1.82, 2.24) is 9.97 Å². The summed E-state index contributed by atoms with van der Waals surface area (Å²) in [6.07, 6.45) is 0. The highest BCUT2D eigenvalue weighted by Crippen LogP contribution is 2.29. The molecule has 0 aliphatic heterocycles. The molecule has 18 heavy (non-hydrogen) atoms. The topological polar surface area (TPSA) is 51.8 Å². The Kier molecular flexibility index (Phi) is 3.93. The van der Waals surface area contributed by atoms with Gasteiger partial charge in [-0.1, -0.05) is 6.07 Å². The van der Waals surface area contributed by atoms with Gasteiger partial charge in [0.1, 0.15) is 5.82 Å². The molecule has 0 aliphatic rings. The average molecular weight is 263 g/mol. The lowest BCUT2D eigenvalue weighted by Gasteiger charge is -2.08. The van der Waals surface area contributed by atoms with Crippen molar-refractivity contribution in [3.63, 3.8) is 0 Å². The standard InChI is InChI=1S/C13H14FN3S/c1-8-6-9(2)17-13(16-8)18-12-5-3-4-11(14)10(12)7-15/h3-6H,7,15H2,1-2H3. The molecule has 1 aromatic carbocycles. The Hall–Kier alpha value is -1.46. The van der Waals surface area contributed by atoms with Crippen LogP contribution in [0.4, 0.5) is 4.39 Å². The lowest BCUT2D eigenvalue weighted by atomic mass is 10.2. The van der Waals surface area contributed by atoms with E-state index in [1.54, 1.807) is 6.07 Å². The maximum absolute atomic E-state index is 13.6. The third-order valence-electron chi connectivity index (χ3n) is 2.44. The Morgan fingerprint density at radius 3 is 2.50 bits per heavy atom. The fraction of sp³-hybridized carbons (Fsp3) is 0.231. The van der Waals surface area contributed by atoms with E-state index in [-0.39, 0.29) is 12.4 Å². The van der Waals surface area contributed by atoms with Crippen LogP contribution in [0.2, 0.25) is 0 Å². The van der Waals surface area contributed by atoms with Crippen LogP contribution in [-0.2, 0) is 6.54 Å². The van der Waals surface area contributed by atoms with Gasteiger partial charge in [-0.2, -0.15) is 0 Å². The quantitative estimate of drug-likeness (QED) is 0.865. The molecule has 0 atom stereocenters. The predicted molar refractivity (Wildman–Crippen MR) is 69.9 cm³/mol. The summed E-state index contributed by atoms with van der Waals surface area (Å²) in [6.45, 7) is 3.99. The summed E-state index contributed by atoms with van der Waals surface area (Å²) in [7, 11) is 0. The number of nitrogens with zero attached hydrogens (tertiary/aromatic N) is 2. The van der Waals surface area contributed by atoms with E-state index in [2.05, 4.69) is 9.97 Å². The van der Waals surface area contributed by atoms with Gasteiger partial charge < -0.3 is 5.73 Å². The van der Waals surface area contributed by atoms with E-state index < -0.39 is 0 Å². The molecule has 0 spiro atoms. The normalized spacial score (nSPS) is 10.7. The molecule has 5 heteroatoms. The van der Waals surface area contributed by atoms with Crippen LogP contribution in [0.3, 0.4) is 0 Å². The third-order valence-corrected chi connectivity index (χ3v) is 3.41. The Labute approximate surface area is 110 Å². The van der Waals surface area contributed by atoms with Gasteiger partial charge in [-0.25, -0.2) is 14.4 Å². The van der Waals surface area contributed by atoms with Gasteiger partial charge in [-0.15, -0.1) is 0 Å². The number of halogens is 1. The fourth-order valence-corrected chi connectivity index (χ4v) is 2.70. The molecular weight excluding hydrogens is 249 g/mol. The summed E-state index contributed by atoms with van der Waals surface area (Å²) in [5.74, 6) is -0.285. The molecule has 0 fully saturated rings. The van der Waals surface area contributed by atoms with E-state index in [1.165, 1.54) is 17.8 Å². The van der Waals surface area contributed by atoms with Crippen molar-refractivity contribution in [2.75, 3.05) is 0 Å². The van der Waals surface area contributed by atoms with Gasteiger partial charge in [0.15, 0.2) is 5.16 Å². The highest BCUT2D eigenvalue weighted by atomic mass is 32.2. The van der Waals surface area contributed by atoms with Crippen molar-refractivity contribution in [1.29, 1.82) is 0 Å². The number of nitrogens with two attached hydrogens (primary N) is 1. The first kappa shape index (κ1) is 13.0. The molecule has 0 saturated carbocycles. The third kappa shape index (κ3) is 2.86. The first-order valence-corrected chi connectivity index (χ1v) is 6.39. The zero-order valence-corrected chi connectivity index (χ0v) is 11.1. The van der Waals surface area contributed by atoms with Crippen LogP contribution in [0.5, 0.6) is 0 Å². The molecule has 1 aromatic heterocycles. The largest absolute Gasteiger partial charge is 0.326 e. The van der Waals surface area contributed by atoms with Crippen molar-refractivity contribution >= 4 is 11.8 Å². The van der Waals surface area contributed by atoms with Crippen LogP contribution in [0.25, 0.3) is 0 Å². The minimum absolute atomic E-state index is 0.166. The van der Waals surface area contributed by atoms with Gasteiger partial charge >= 0.3 is 0 Å². The molecule has 0 radical (unpaired) electrons. The van der Waals surface area contributed by atoms with E-state index in [0.717, 1.165) is 16.3 Å². The zero-order valence-electron chi connectivity index (χ0n) is 10.3. The minimum atomic E-state index is -0.285. The Bertz CT molecular complexity index is 552. The second-order valence-corrected chi connectivity index (χ2v) is 4.97. The second kappa shape index (κ2) is 5.46. The van der Waals surface area contributed by atoms with Gasteiger partial charge in [0.05, 0.1) is 0 Å². The fourth-order valence-electron chi connectivity index (χ4n) is 1.67. The van der Waals surface area contributed by atoms with Crippen molar-refractivity contribution in [3.05, 3.63) is 47.0 Å². The first-order chi connectivity index (χ1) is 8.60. The van der Waals surface area contributed by atoms with Crippen molar-refractivity contribution in [2.45, 2.75) is 30.4 Å². The molecule has 2 aromatic rings. The van der Waals surface area contributed by atoms with Gasteiger partial charge in [0.25, 0.3) is 0 Å². The van der Waals surface area contributed by atoms with Gasteiger partial charge in [0.2, 0.25) is 0 Å². The van der Waals surface area contributed by atoms with Crippen LogP contribution in [0.15, 0.2) is 34.3 Å². The second-order valence-electron chi connectivity index (χ2n) is 3.96. The number of hydrogen-bond acceptors (Lipinski definition) is 4. The lowest BCUT2D eigenvalue weighted by Crippen LogP contribution is -2.02. The Morgan fingerprint density at radius 1 is 1.22 bits per heavy atom. The van der Waals surface area contributed by atoms with Crippen LogP contribution in [-0.4, -0.2) is 9.97 Å². The molecule has 2 N–H and O–H groups in total. The maximum Gasteiger partial charge on any atom is 0.192 e. The minimum Gasteiger partial charge on any atom is -0.326 e. The lowest BCUT2D eigenvalue weighted by molar-refractivity contribution is 0.604. The molecule has 3 nitrogen and oxygen atoms in total. The van der Waals surface area contributed by atoms with Gasteiger partial charge in [0, 0.05) is 28.4 Å². The summed E-state index contributed by atoms with van der Waals surface area (Å²) < 4.78 is 13.6. The molecule has 0 aliphatic carbocycles. The van der Waals surface area contributed by atoms with Crippen molar-refractivity contribution in [2.24, 2.45) is 5.73 Å².